The highest BCUT2D eigenvalue weighted by atomic mass is 19.4. The van der Waals surface area contributed by atoms with Crippen LogP contribution in [0.2, 0.25) is 0 Å². The maximum atomic E-state index is 12.7. The summed E-state index contributed by atoms with van der Waals surface area (Å²) in [7, 11) is 0. The molecule has 1 aromatic heterocycles. The maximum absolute atomic E-state index is 12.7. The number of nitrogens with zero attached hydrogens (tertiary/aromatic N) is 2. The molecule has 1 aromatic rings. The highest BCUT2D eigenvalue weighted by Crippen LogP contribution is 2.39. The Balaban J connectivity index is 1.74. The van der Waals surface area contributed by atoms with Crippen molar-refractivity contribution in [2.24, 2.45) is 5.41 Å². The first-order chi connectivity index (χ1) is 9.32. The number of aromatic amines is 1. The minimum absolute atomic E-state index is 0.00668. The topological polar surface area (TPSA) is 58.2 Å². The number of carbonyl (C=O) groups excluding carboxylic acids is 1. The van der Waals surface area contributed by atoms with Gasteiger partial charge in [0.25, 0.3) is 5.91 Å². The summed E-state index contributed by atoms with van der Waals surface area (Å²) < 4.78 is 43.3. The molecule has 0 saturated carbocycles. The van der Waals surface area contributed by atoms with Gasteiger partial charge in [-0.2, -0.15) is 18.3 Å². The molecule has 110 valence electrons. The van der Waals surface area contributed by atoms with E-state index in [1.807, 2.05) is 5.10 Å². The SMILES string of the molecule is Cc1c(C(=O)N2CC3(CCOC3)C2)n[nH]c1C(F)(F)F. The summed E-state index contributed by atoms with van der Waals surface area (Å²) in [5.41, 5.74) is -1.25. The standard InChI is InChI=1S/C12H14F3N3O2/c1-7-8(16-17-9(7)12(13,14)15)10(19)18-4-11(5-18)2-3-20-6-11/h2-6H2,1H3,(H,16,17). The molecule has 1 amide bonds. The molecule has 0 aliphatic carbocycles. The van der Waals surface area contributed by atoms with E-state index in [-0.39, 0.29) is 16.7 Å². The van der Waals surface area contributed by atoms with Gasteiger partial charge < -0.3 is 9.64 Å². The number of nitrogens with one attached hydrogen (secondary N) is 1. The highest BCUT2D eigenvalue weighted by Gasteiger charge is 2.48. The Labute approximate surface area is 113 Å². The molecule has 2 aliphatic rings. The predicted octanol–water partition coefficient (Wildman–Crippen LogP) is 1.60. The van der Waals surface area contributed by atoms with Gasteiger partial charge >= 0.3 is 6.18 Å². The number of H-pyrrole nitrogens is 1. The largest absolute Gasteiger partial charge is 0.433 e. The third kappa shape index (κ3) is 1.98. The Morgan fingerprint density at radius 3 is 2.65 bits per heavy atom. The Bertz CT molecular complexity index is 539. The van der Waals surface area contributed by atoms with Crippen molar-refractivity contribution >= 4 is 5.91 Å². The van der Waals surface area contributed by atoms with Crippen LogP contribution in [0.15, 0.2) is 0 Å². The van der Waals surface area contributed by atoms with Crippen molar-refractivity contribution in [3.63, 3.8) is 0 Å². The molecule has 8 heteroatoms. The number of likely N-dealkylation sites (tertiary alicyclic amines) is 1. The fourth-order valence-corrected chi connectivity index (χ4v) is 2.84. The first-order valence-corrected chi connectivity index (χ1v) is 6.32. The van der Waals surface area contributed by atoms with Gasteiger partial charge in [0, 0.05) is 30.7 Å². The lowest BCUT2D eigenvalue weighted by Crippen LogP contribution is -2.58. The molecule has 5 nitrogen and oxygen atoms in total. The number of hydrogen-bond acceptors (Lipinski definition) is 3. The smallest absolute Gasteiger partial charge is 0.381 e. The lowest BCUT2D eigenvalue weighted by molar-refractivity contribution is -0.141. The quantitative estimate of drug-likeness (QED) is 0.854. The second-order valence-electron chi connectivity index (χ2n) is 5.53. The van der Waals surface area contributed by atoms with E-state index in [1.165, 1.54) is 11.8 Å². The molecule has 2 fully saturated rings. The van der Waals surface area contributed by atoms with E-state index in [4.69, 9.17) is 4.74 Å². The summed E-state index contributed by atoms with van der Waals surface area (Å²) in [6.07, 6.45) is -3.63. The molecule has 0 atom stereocenters. The summed E-state index contributed by atoms with van der Waals surface area (Å²) in [5, 5.41) is 5.44. The monoisotopic (exact) mass is 289 g/mol. The molecule has 0 aromatic carbocycles. The van der Waals surface area contributed by atoms with Crippen molar-refractivity contribution in [3.8, 4) is 0 Å². The van der Waals surface area contributed by atoms with Gasteiger partial charge in [-0.05, 0) is 13.3 Å². The average molecular weight is 289 g/mol. The molecule has 0 unspecified atom stereocenters. The van der Waals surface area contributed by atoms with Gasteiger partial charge in [-0.25, -0.2) is 0 Å². The molecule has 3 rings (SSSR count). The third-order valence-corrected chi connectivity index (χ3v) is 4.02. The van der Waals surface area contributed by atoms with Gasteiger partial charge in [0.15, 0.2) is 5.69 Å². The first kappa shape index (κ1) is 13.4. The predicted molar refractivity (Wildman–Crippen MR) is 62.1 cm³/mol. The summed E-state index contributed by atoms with van der Waals surface area (Å²) in [4.78, 5) is 13.7. The van der Waals surface area contributed by atoms with Crippen molar-refractivity contribution in [3.05, 3.63) is 17.0 Å². The molecule has 2 aliphatic heterocycles. The zero-order chi connectivity index (χ0) is 14.5. The van der Waals surface area contributed by atoms with Crippen LogP contribution >= 0.6 is 0 Å². The number of halogens is 3. The fourth-order valence-electron chi connectivity index (χ4n) is 2.84. The van der Waals surface area contributed by atoms with E-state index < -0.39 is 17.8 Å². The van der Waals surface area contributed by atoms with Crippen LogP contribution < -0.4 is 0 Å². The highest BCUT2D eigenvalue weighted by molar-refractivity contribution is 5.94. The van der Waals surface area contributed by atoms with Crippen molar-refractivity contribution in [1.82, 2.24) is 15.1 Å². The second-order valence-corrected chi connectivity index (χ2v) is 5.53. The Kier molecular flexibility index (Phi) is 2.82. The molecule has 0 radical (unpaired) electrons. The number of hydrogen-bond donors (Lipinski definition) is 1. The number of amides is 1. The number of aromatic nitrogens is 2. The van der Waals surface area contributed by atoms with Gasteiger partial charge in [0.1, 0.15) is 5.69 Å². The van der Waals surface area contributed by atoms with Crippen LogP contribution in [0.4, 0.5) is 13.2 Å². The average Bonchev–Trinajstić information content (AvgIpc) is 2.91. The summed E-state index contributed by atoms with van der Waals surface area (Å²) >= 11 is 0. The van der Waals surface area contributed by atoms with E-state index in [0.29, 0.717) is 26.3 Å². The molecule has 1 N–H and O–H groups in total. The second kappa shape index (κ2) is 4.21. The van der Waals surface area contributed by atoms with Crippen LogP contribution in [-0.2, 0) is 10.9 Å². The zero-order valence-corrected chi connectivity index (χ0v) is 10.9. The number of alkyl halides is 3. The van der Waals surface area contributed by atoms with Gasteiger partial charge in [-0.1, -0.05) is 0 Å². The lowest BCUT2D eigenvalue weighted by atomic mass is 9.79. The van der Waals surface area contributed by atoms with E-state index in [1.54, 1.807) is 0 Å². The minimum atomic E-state index is -4.52. The molecular formula is C12H14F3N3O2. The van der Waals surface area contributed by atoms with Crippen LogP contribution in [0.5, 0.6) is 0 Å². The number of carbonyl (C=O) groups is 1. The van der Waals surface area contributed by atoms with Gasteiger partial charge in [0.05, 0.1) is 6.61 Å². The molecule has 0 bridgehead atoms. The van der Waals surface area contributed by atoms with E-state index in [9.17, 15) is 18.0 Å². The number of rotatable bonds is 1. The molecule has 20 heavy (non-hydrogen) atoms. The Morgan fingerprint density at radius 2 is 2.15 bits per heavy atom. The van der Waals surface area contributed by atoms with E-state index >= 15 is 0 Å². The molecular weight excluding hydrogens is 275 g/mol. The van der Waals surface area contributed by atoms with Crippen molar-refractivity contribution in [1.29, 1.82) is 0 Å². The minimum Gasteiger partial charge on any atom is -0.381 e. The first-order valence-electron chi connectivity index (χ1n) is 6.32. The summed E-state index contributed by atoms with van der Waals surface area (Å²) in [5.74, 6) is -0.452. The van der Waals surface area contributed by atoms with Gasteiger partial charge in [-0.3, -0.25) is 9.89 Å². The molecule has 1 spiro atoms. The van der Waals surface area contributed by atoms with Crippen molar-refractivity contribution < 1.29 is 22.7 Å². The van der Waals surface area contributed by atoms with Crippen molar-refractivity contribution in [2.45, 2.75) is 19.5 Å². The Morgan fingerprint density at radius 1 is 1.45 bits per heavy atom. The Hall–Kier alpha value is -1.57. The van der Waals surface area contributed by atoms with Crippen molar-refractivity contribution in [2.75, 3.05) is 26.3 Å². The van der Waals surface area contributed by atoms with Gasteiger partial charge in [0.2, 0.25) is 0 Å². The lowest BCUT2D eigenvalue weighted by Gasteiger charge is -2.46. The van der Waals surface area contributed by atoms with Crippen LogP contribution in [-0.4, -0.2) is 47.3 Å². The van der Waals surface area contributed by atoms with Crippen LogP contribution in [0, 0.1) is 12.3 Å². The van der Waals surface area contributed by atoms with Crippen LogP contribution in [0.25, 0.3) is 0 Å². The molecule has 2 saturated heterocycles. The fraction of sp³-hybridized carbons (Fsp3) is 0.667. The third-order valence-electron chi connectivity index (χ3n) is 4.02. The zero-order valence-electron chi connectivity index (χ0n) is 10.9. The normalized spacial score (nSPS) is 21.3. The molecule has 3 heterocycles. The summed E-state index contributed by atoms with van der Waals surface area (Å²) in [6.45, 7) is 3.61. The maximum Gasteiger partial charge on any atom is 0.433 e. The summed E-state index contributed by atoms with van der Waals surface area (Å²) in [6, 6.07) is 0. The van der Waals surface area contributed by atoms with Crippen LogP contribution in [0.1, 0.15) is 28.2 Å². The van der Waals surface area contributed by atoms with E-state index in [2.05, 4.69) is 5.10 Å². The van der Waals surface area contributed by atoms with Gasteiger partial charge in [-0.15, -0.1) is 0 Å². The van der Waals surface area contributed by atoms with E-state index in [0.717, 1.165) is 6.42 Å². The number of ether oxygens (including phenoxy) is 1. The van der Waals surface area contributed by atoms with Crippen LogP contribution in [0.3, 0.4) is 0 Å².